The van der Waals surface area contributed by atoms with Gasteiger partial charge in [-0.25, -0.2) is 9.18 Å². The number of benzene rings is 3. The smallest absolute Gasteiger partial charge is 0.337 e. The number of para-hydroxylation sites is 1. The van der Waals surface area contributed by atoms with Crippen LogP contribution in [-0.4, -0.2) is 37.0 Å². The summed E-state index contributed by atoms with van der Waals surface area (Å²) in [6, 6.07) is 21.0. The lowest BCUT2D eigenvalue weighted by Gasteiger charge is -2.24. The lowest BCUT2D eigenvalue weighted by Crippen LogP contribution is -2.38. The number of ether oxygens (including phenoxy) is 2. The maximum atomic E-state index is 14.5. The Kier molecular flexibility index (Phi) is 7.00. The number of halogens is 1. The fraction of sp³-hybridized carbons (Fsp3) is 0.231. The Morgan fingerprint density at radius 3 is 2.55 bits per heavy atom. The van der Waals surface area contributed by atoms with Crippen LogP contribution in [0.5, 0.6) is 5.75 Å². The van der Waals surface area contributed by atoms with Crippen LogP contribution in [0.2, 0.25) is 0 Å². The molecule has 170 valence electrons. The van der Waals surface area contributed by atoms with Crippen LogP contribution in [0.3, 0.4) is 0 Å². The predicted molar refractivity (Wildman–Crippen MR) is 121 cm³/mol. The number of nitrogens with zero attached hydrogens (tertiary/aromatic N) is 1. The van der Waals surface area contributed by atoms with Crippen molar-refractivity contribution in [2.75, 3.05) is 20.2 Å². The van der Waals surface area contributed by atoms with E-state index >= 15 is 0 Å². The number of hydrogen-bond acceptors (Lipinski definition) is 5. The second-order valence-electron chi connectivity index (χ2n) is 7.87. The Labute approximate surface area is 191 Å². The van der Waals surface area contributed by atoms with Crippen molar-refractivity contribution in [2.24, 2.45) is 0 Å². The lowest BCUT2D eigenvalue weighted by atomic mass is 10.1. The van der Waals surface area contributed by atoms with E-state index < -0.39 is 12.1 Å². The fourth-order valence-electron chi connectivity index (χ4n) is 3.83. The molecule has 1 aliphatic rings. The second kappa shape index (κ2) is 10.3. The summed E-state index contributed by atoms with van der Waals surface area (Å²) in [5.74, 6) is -0.196. The summed E-state index contributed by atoms with van der Waals surface area (Å²) in [6.45, 7) is 1.36. The number of carbonyl (C=O) groups excluding carboxylic acids is 2. The predicted octanol–water partition coefficient (Wildman–Crippen LogP) is 3.86. The van der Waals surface area contributed by atoms with Gasteiger partial charge in [0.05, 0.1) is 19.2 Å². The van der Waals surface area contributed by atoms with Gasteiger partial charge in [0.1, 0.15) is 17.7 Å². The summed E-state index contributed by atoms with van der Waals surface area (Å²) in [6.07, 6.45) is -0.534. The Morgan fingerprint density at radius 2 is 1.79 bits per heavy atom. The first-order valence-electron chi connectivity index (χ1n) is 10.7. The van der Waals surface area contributed by atoms with Crippen LogP contribution in [0.4, 0.5) is 4.39 Å². The van der Waals surface area contributed by atoms with Crippen LogP contribution in [0.25, 0.3) is 0 Å². The van der Waals surface area contributed by atoms with E-state index in [4.69, 9.17) is 9.47 Å². The van der Waals surface area contributed by atoms with Crippen molar-refractivity contribution in [1.29, 1.82) is 0 Å². The summed E-state index contributed by atoms with van der Waals surface area (Å²) in [5.41, 5.74) is 2.73. The molecule has 33 heavy (non-hydrogen) atoms. The van der Waals surface area contributed by atoms with Gasteiger partial charge in [-0.15, -0.1) is 0 Å². The molecular formula is C26H25FN2O4. The molecule has 0 aliphatic carbocycles. The number of methoxy groups -OCH3 is 1. The molecule has 0 radical (unpaired) electrons. The molecule has 0 aromatic heterocycles. The summed E-state index contributed by atoms with van der Waals surface area (Å²) >= 11 is 0. The zero-order valence-electron chi connectivity index (χ0n) is 18.3. The molecular weight excluding hydrogens is 423 g/mol. The van der Waals surface area contributed by atoms with Gasteiger partial charge in [0.15, 0.2) is 0 Å². The maximum absolute atomic E-state index is 14.5. The minimum Gasteiger partial charge on any atom is -0.484 e. The number of hydrogen-bond donors (Lipinski definition) is 1. The van der Waals surface area contributed by atoms with Crippen molar-refractivity contribution in [3.63, 3.8) is 0 Å². The van der Waals surface area contributed by atoms with Crippen LogP contribution in [0.1, 0.15) is 33.2 Å². The normalized spacial score (nSPS) is 15.6. The third kappa shape index (κ3) is 5.56. The summed E-state index contributed by atoms with van der Waals surface area (Å²) in [5, 5.41) is 2.91. The average molecular weight is 448 g/mol. The molecule has 0 fully saturated rings. The van der Waals surface area contributed by atoms with E-state index in [1.807, 2.05) is 29.2 Å². The molecule has 0 bridgehead atoms. The molecule has 0 saturated heterocycles. The minimum atomic E-state index is -0.534. The van der Waals surface area contributed by atoms with Gasteiger partial charge in [0.2, 0.25) is 5.91 Å². The van der Waals surface area contributed by atoms with Gasteiger partial charge in [-0.3, -0.25) is 9.69 Å². The van der Waals surface area contributed by atoms with Crippen molar-refractivity contribution >= 4 is 11.9 Å². The van der Waals surface area contributed by atoms with Gasteiger partial charge in [-0.1, -0.05) is 48.5 Å². The van der Waals surface area contributed by atoms with E-state index in [1.165, 1.54) is 13.2 Å². The van der Waals surface area contributed by atoms with E-state index in [0.29, 0.717) is 36.5 Å². The number of esters is 1. The SMILES string of the molecule is COC(=O)c1ccc(CNC(=O)CN2Cc3ccccc3OC(c3ccccc3F)C2)cc1. The topological polar surface area (TPSA) is 67.9 Å². The third-order valence-corrected chi connectivity index (χ3v) is 5.54. The highest BCUT2D eigenvalue weighted by atomic mass is 19.1. The monoisotopic (exact) mass is 448 g/mol. The van der Waals surface area contributed by atoms with E-state index in [0.717, 1.165) is 11.1 Å². The zero-order valence-corrected chi connectivity index (χ0v) is 18.3. The highest BCUT2D eigenvalue weighted by Gasteiger charge is 2.27. The molecule has 3 aromatic rings. The van der Waals surface area contributed by atoms with Crippen molar-refractivity contribution in [1.82, 2.24) is 10.2 Å². The number of nitrogens with one attached hydrogen (secondary N) is 1. The van der Waals surface area contributed by atoms with Gasteiger partial charge in [-0.05, 0) is 29.8 Å². The van der Waals surface area contributed by atoms with Gasteiger partial charge in [0, 0.05) is 30.8 Å². The lowest BCUT2D eigenvalue weighted by molar-refractivity contribution is -0.122. The Balaban J connectivity index is 1.43. The first-order chi connectivity index (χ1) is 16.0. The van der Waals surface area contributed by atoms with Crippen LogP contribution in [0, 0.1) is 5.82 Å². The summed E-state index contributed by atoms with van der Waals surface area (Å²) in [4.78, 5) is 26.2. The fourth-order valence-corrected chi connectivity index (χ4v) is 3.83. The molecule has 1 unspecified atom stereocenters. The molecule has 1 N–H and O–H groups in total. The molecule has 4 rings (SSSR count). The molecule has 0 saturated carbocycles. The highest BCUT2D eigenvalue weighted by Crippen LogP contribution is 2.31. The number of carbonyl (C=O) groups is 2. The average Bonchev–Trinajstić information content (AvgIpc) is 3.01. The Hall–Kier alpha value is -3.71. The van der Waals surface area contributed by atoms with Crippen LogP contribution in [-0.2, 0) is 22.6 Å². The van der Waals surface area contributed by atoms with Crippen LogP contribution < -0.4 is 10.1 Å². The number of rotatable bonds is 6. The molecule has 7 heteroatoms. The standard InChI is InChI=1S/C26H25FN2O4/c1-32-26(31)19-12-10-18(11-13-19)14-28-25(30)17-29-15-20-6-2-5-9-23(20)33-24(16-29)21-7-3-4-8-22(21)27/h2-13,24H,14-17H2,1H3,(H,28,30). The molecule has 1 amide bonds. The van der Waals surface area contributed by atoms with Crippen LogP contribution in [0.15, 0.2) is 72.8 Å². The van der Waals surface area contributed by atoms with Crippen molar-refractivity contribution in [3.05, 3.63) is 101 Å². The summed E-state index contributed by atoms with van der Waals surface area (Å²) < 4.78 is 25.3. The van der Waals surface area contributed by atoms with E-state index in [2.05, 4.69) is 5.32 Å². The maximum Gasteiger partial charge on any atom is 0.337 e. The molecule has 6 nitrogen and oxygen atoms in total. The van der Waals surface area contributed by atoms with Gasteiger partial charge < -0.3 is 14.8 Å². The summed E-state index contributed by atoms with van der Waals surface area (Å²) in [7, 11) is 1.33. The van der Waals surface area contributed by atoms with Gasteiger partial charge in [-0.2, -0.15) is 0 Å². The van der Waals surface area contributed by atoms with Crippen molar-refractivity contribution in [3.8, 4) is 5.75 Å². The van der Waals surface area contributed by atoms with Crippen LogP contribution >= 0.6 is 0 Å². The van der Waals surface area contributed by atoms with Crippen molar-refractivity contribution < 1.29 is 23.5 Å². The zero-order chi connectivity index (χ0) is 23.2. The third-order valence-electron chi connectivity index (χ3n) is 5.54. The number of amides is 1. The second-order valence-corrected chi connectivity index (χ2v) is 7.87. The number of fused-ring (bicyclic) bond motifs is 1. The molecule has 3 aromatic carbocycles. The molecule has 1 atom stereocenters. The first kappa shape index (κ1) is 22.5. The van der Waals surface area contributed by atoms with E-state index in [-0.39, 0.29) is 18.3 Å². The van der Waals surface area contributed by atoms with E-state index in [1.54, 1.807) is 42.5 Å². The highest BCUT2D eigenvalue weighted by molar-refractivity contribution is 5.89. The quantitative estimate of drug-likeness (QED) is 0.580. The molecule has 1 aliphatic heterocycles. The van der Waals surface area contributed by atoms with Gasteiger partial charge >= 0.3 is 5.97 Å². The minimum absolute atomic E-state index is 0.142. The van der Waals surface area contributed by atoms with E-state index in [9.17, 15) is 14.0 Å². The van der Waals surface area contributed by atoms with Crippen molar-refractivity contribution in [2.45, 2.75) is 19.2 Å². The molecule has 0 spiro atoms. The Morgan fingerprint density at radius 1 is 1.06 bits per heavy atom. The first-order valence-corrected chi connectivity index (χ1v) is 10.7. The molecule has 1 heterocycles. The largest absolute Gasteiger partial charge is 0.484 e. The van der Waals surface area contributed by atoms with Gasteiger partial charge in [0.25, 0.3) is 0 Å². The Bertz CT molecular complexity index is 1130.